The number of aryl methyl sites for hydroxylation is 1. The highest BCUT2D eigenvalue weighted by Gasteiger charge is 2.15. The van der Waals surface area contributed by atoms with Crippen LogP contribution in [-0.4, -0.2) is 13.2 Å². The van der Waals surface area contributed by atoms with E-state index in [1.807, 2.05) is 13.0 Å². The fraction of sp³-hybridized carbons (Fsp3) is 0.200. The van der Waals surface area contributed by atoms with E-state index in [-0.39, 0.29) is 5.82 Å². The third-order valence-electron chi connectivity index (χ3n) is 3.11. The molecule has 2 aromatic carbocycles. The van der Waals surface area contributed by atoms with Crippen molar-refractivity contribution in [2.45, 2.75) is 6.92 Å². The van der Waals surface area contributed by atoms with Crippen molar-refractivity contribution < 1.29 is 13.9 Å². The lowest BCUT2D eigenvalue weighted by Crippen LogP contribution is -2.15. The van der Waals surface area contributed by atoms with Gasteiger partial charge in [0.15, 0.2) is 11.5 Å². The summed E-state index contributed by atoms with van der Waals surface area (Å²) in [6.07, 6.45) is 0. The van der Waals surface area contributed by atoms with Crippen molar-refractivity contribution in [2.75, 3.05) is 24.3 Å². The first kappa shape index (κ1) is 12.6. The Morgan fingerprint density at radius 2 is 1.75 bits per heavy atom. The van der Waals surface area contributed by atoms with Gasteiger partial charge in [0.1, 0.15) is 19.0 Å². The van der Waals surface area contributed by atoms with E-state index in [0.717, 1.165) is 5.56 Å². The van der Waals surface area contributed by atoms with Crippen LogP contribution in [0.25, 0.3) is 0 Å². The summed E-state index contributed by atoms with van der Waals surface area (Å²) in [7, 11) is 0. The zero-order valence-corrected chi connectivity index (χ0v) is 11.1. The van der Waals surface area contributed by atoms with Gasteiger partial charge in [-0.1, -0.05) is 6.07 Å². The highest BCUT2D eigenvalue weighted by Crippen LogP contribution is 2.38. The summed E-state index contributed by atoms with van der Waals surface area (Å²) in [6.45, 7) is 2.84. The molecule has 0 aliphatic carbocycles. The van der Waals surface area contributed by atoms with Crippen LogP contribution in [0, 0.1) is 12.7 Å². The number of benzene rings is 2. The Morgan fingerprint density at radius 1 is 1.05 bits per heavy atom. The van der Waals surface area contributed by atoms with Crippen LogP contribution < -0.4 is 20.5 Å². The van der Waals surface area contributed by atoms with Crippen LogP contribution in [0.3, 0.4) is 0 Å². The van der Waals surface area contributed by atoms with E-state index in [0.29, 0.717) is 41.8 Å². The van der Waals surface area contributed by atoms with Crippen LogP contribution in [0.5, 0.6) is 11.5 Å². The summed E-state index contributed by atoms with van der Waals surface area (Å²) < 4.78 is 24.8. The predicted octanol–water partition coefficient (Wildman–Crippen LogP) is 3.23. The van der Waals surface area contributed by atoms with Gasteiger partial charge in [0.05, 0.1) is 17.1 Å². The summed E-state index contributed by atoms with van der Waals surface area (Å²) in [5.74, 6) is 0.906. The van der Waals surface area contributed by atoms with Gasteiger partial charge >= 0.3 is 0 Å². The Bertz CT molecular complexity index is 659. The van der Waals surface area contributed by atoms with Crippen LogP contribution in [0.2, 0.25) is 0 Å². The number of ether oxygens (including phenoxy) is 2. The number of fused-ring (bicyclic) bond motifs is 1. The van der Waals surface area contributed by atoms with Crippen LogP contribution >= 0.6 is 0 Å². The Balaban J connectivity index is 1.94. The predicted molar refractivity (Wildman–Crippen MR) is 76.3 cm³/mol. The topological polar surface area (TPSA) is 56.5 Å². The van der Waals surface area contributed by atoms with E-state index < -0.39 is 0 Å². The molecule has 104 valence electrons. The van der Waals surface area contributed by atoms with E-state index in [1.54, 1.807) is 18.2 Å². The molecule has 1 aliphatic heterocycles. The van der Waals surface area contributed by atoms with E-state index >= 15 is 0 Å². The molecule has 1 aliphatic rings. The van der Waals surface area contributed by atoms with Crippen molar-refractivity contribution in [1.82, 2.24) is 0 Å². The molecule has 5 heteroatoms. The summed E-state index contributed by atoms with van der Waals surface area (Å²) >= 11 is 0. The lowest BCUT2D eigenvalue weighted by atomic mass is 10.2. The summed E-state index contributed by atoms with van der Waals surface area (Å²) in [5.41, 5.74) is 8.27. The number of hydrogen-bond donors (Lipinski definition) is 2. The second kappa shape index (κ2) is 4.92. The maximum Gasteiger partial charge on any atom is 0.163 e. The number of nitrogens with two attached hydrogens (primary N) is 1. The zero-order valence-electron chi connectivity index (χ0n) is 11.1. The minimum atomic E-state index is -0.320. The molecule has 0 amide bonds. The number of nitrogen functional groups attached to an aromatic ring is 1. The molecule has 1 heterocycles. The van der Waals surface area contributed by atoms with Gasteiger partial charge < -0.3 is 20.5 Å². The second-order valence-corrected chi connectivity index (χ2v) is 4.69. The largest absolute Gasteiger partial charge is 0.486 e. The molecule has 0 spiro atoms. The smallest absolute Gasteiger partial charge is 0.163 e. The lowest BCUT2D eigenvalue weighted by Gasteiger charge is -2.20. The van der Waals surface area contributed by atoms with Crippen molar-refractivity contribution in [2.24, 2.45) is 0 Å². The molecular weight excluding hydrogens is 259 g/mol. The molecule has 2 aromatic rings. The molecule has 3 rings (SSSR count). The van der Waals surface area contributed by atoms with Crippen LogP contribution in [0.1, 0.15) is 5.56 Å². The third kappa shape index (κ3) is 2.34. The van der Waals surface area contributed by atoms with Crippen molar-refractivity contribution in [3.05, 3.63) is 41.7 Å². The first-order valence-electron chi connectivity index (χ1n) is 6.36. The average Bonchev–Trinajstić information content (AvgIpc) is 2.42. The monoisotopic (exact) mass is 274 g/mol. The molecule has 0 saturated carbocycles. The quantitative estimate of drug-likeness (QED) is 0.825. The van der Waals surface area contributed by atoms with Crippen molar-refractivity contribution in [3.63, 3.8) is 0 Å². The summed E-state index contributed by atoms with van der Waals surface area (Å²) in [6, 6.07) is 8.39. The summed E-state index contributed by atoms with van der Waals surface area (Å²) in [5, 5.41) is 2.98. The fourth-order valence-electron chi connectivity index (χ4n) is 2.08. The molecule has 20 heavy (non-hydrogen) atoms. The van der Waals surface area contributed by atoms with Gasteiger partial charge in [-0.2, -0.15) is 0 Å². The van der Waals surface area contributed by atoms with E-state index in [1.165, 1.54) is 6.07 Å². The van der Waals surface area contributed by atoms with Crippen molar-refractivity contribution >= 4 is 17.1 Å². The minimum Gasteiger partial charge on any atom is -0.486 e. The van der Waals surface area contributed by atoms with Gasteiger partial charge in [-0.25, -0.2) is 4.39 Å². The highest BCUT2D eigenvalue weighted by molar-refractivity contribution is 5.77. The van der Waals surface area contributed by atoms with Crippen LogP contribution in [0.15, 0.2) is 30.3 Å². The van der Waals surface area contributed by atoms with Gasteiger partial charge in [-0.3, -0.25) is 0 Å². The zero-order chi connectivity index (χ0) is 14.1. The standard InChI is InChI=1S/C15H15FN2O2/c1-9-2-3-12(10(16)6-9)18-13-8-15-14(7-11(13)17)19-4-5-20-15/h2-3,6-8,18H,4-5,17H2,1H3. The molecule has 0 saturated heterocycles. The minimum absolute atomic E-state index is 0.320. The molecule has 0 fully saturated rings. The van der Waals surface area contributed by atoms with E-state index in [9.17, 15) is 4.39 Å². The Hall–Kier alpha value is -2.43. The number of rotatable bonds is 2. The molecule has 3 N–H and O–H groups in total. The number of halogens is 1. The first-order valence-corrected chi connectivity index (χ1v) is 6.36. The summed E-state index contributed by atoms with van der Waals surface area (Å²) in [4.78, 5) is 0. The molecular formula is C15H15FN2O2. The van der Waals surface area contributed by atoms with Gasteiger partial charge in [0, 0.05) is 12.1 Å². The third-order valence-corrected chi connectivity index (χ3v) is 3.11. The SMILES string of the molecule is Cc1ccc(Nc2cc3c(cc2N)OCCO3)c(F)c1. The molecule has 0 radical (unpaired) electrons. The normalized spacial score (nSPS) is 13.1. The molecule has 4 nitrogen and oxygen atoms in total. The highest BCUT2D eigenvalue weighted by atomic mass is 19.1. The maximum atomic E-state index is 13.8. The average molecular weight is 274 g/mol. The van der Waals surface area contributed by atoms with Crippen molar-refractivity contribution in [3.8, 4) is 11.5 Å². The van der Waals surface area contributed by atoms with Crippen LogP contribution in [-0.2, 0) is 0 Å². The Morgan fingerprint density at radius 3 is 2.45 bits per heavy atom. The van der Waals surface area contributed by atoms with Gasteiger partial charge in [0.25, 0.3) is 0 Å². The Labute approximate surface area is 116 Å². The van der Waals surface area contributed by atoms with E-state index in [4.69, 9.17) is 15.2 Å². The second-order valence-electron chi connectivity index (χ2n) is 4.69. The van der Waals surface area contributed by atoms with E-state index in [2.05, 4.69) is 5.32 Å². The van der Waals surface area contributed by atoms with Gasteiger partial charge in [-0.15, -0.1) is 0 Å². The van der Waals surface area contributed by atoms with Crippen molar-refractivity contribution in [1.29, 1.82) is 0 Å². The van der Waals surface area contributed by atoms with Gasteiger partial charge in [-0.05, 0) is 24.6 Å². The number of nitrogens with one attached hydrogen (secondary N) is 1. The lowest BCUT2D eigenvalue weighted by molar-refractivity contribution is 0.172. The number of hydrogen-bond acceptors (Lipinski definition) is 4. The molecule has 0 unspecified atom stereocenters. The molecule has 0 bridgehead atoms. The Kier molecular flexibility index (Phi) is 3.10. The maximum absolute atomic E-state index is 13.8. The molecule has 0 aromatic heterocycles. The fourth-order valence-corrected chi connectivity index (χ4v) is 2.08. The van der Waals surface area contributed by atoms with Crippen LogP contribution in [0.4, 0.5) is 21.5 Å². The molecule has 0 atom stereocenters. The first-order chi connectivity index (χ1) is 9.63. The van der Waals surface area contributed by atoms with Gasteiger partial charge in [0.2, 0.25) is 0 Å². The number of anilines is 3.